The number of hydrogen-bond donors (Lipinski definition) is 4. The molecular formula is C20H33N3O4. The lowest BCUT2D eigenvalue weighted by molar-refractivity contribution is 0.0797. The van der Waals surface area contributed by atoms with Crippen LogP contribution in [0.2, 0.25) is 0 Å². The van der Waals surface area contributed by atoms with E-state index in [-0.39, 0.29) is 11.3 Å². The minimum absolute atomic E-state index is 0.149. The number of carbonyl (C=O) groups is 2. The predicted octanol–water partition coefficient (Wildman–Crippen LogP) is 4.04. The van der Waals surface area contributed by atoms with Gasteiger partial charge in [-0.1, -0.05) is 64.7 Å². The van der Waals surface area contributed by atoms with E-state index in [1.807, 2.05) is 0 Å². The Morgan fingerprint density at radius 2 is 1.52 bits per heavy atom. The Balaban J connectivity index is 2.16. The topological polar surface area (TPSA) is 116 Å². The van der Waals surface area contributed by atoms with Gasteiger partial charge in [-0.2, -0.15) is 5.01 Å². The number of unbranched alkanes of at least 4 members (excludes halogenated alkanes) is 9. The maximum absolute atomic E-state index is 12.1. The second-order valence-corrected chi connectivity index (χ2v) is 6.79. The molecule has 0 atom stereocenters. The number of rotatable bonds is 12. The van der Waals surface area contributed by atoms with Crippen LogP contribution in [0, 0.1) is 0 Å². The standard InChI is InChI=1S/C20H33N3O4/c1-2-3-4-5-6-7-8-9-10-11-14-22-20(27)23(21)19(26)17-13-12-16(24)15-18(17)25/h12-13,15,24-25H,2-11,14,21H2,1H3,(H,22,27). The van der Waals surface area contributed by atoms with E-state index in [4.69, 9.17) is 5.84 Å². The molecule has 0 fully saturated rings. The van der Waals surface area contributed by atoms with Crippen LogP contribution in [0.5, 0.6) is 11.5 Å². The van der Waals surface area contributed by atoms with E-state index in [2.05, 4.69) is 12.2 Å². The fourth-order valence-corrected chi connectivity index (χ4v) is 2.82. The maximum Gasteiger partial charge on any atom is 0.338 e. The average molecular weight is 380 g/mol. The molecule has 3 amide bonds. The summed E-state index contributed by atoms with van der Waals surface area (Å²) in [7, 11) is 0. The highest BCUT2D eigenvalue weighted by Gasteiger charge is 2.22. The van der Waals surface area contributed by atoms with Crippen molar-refractivity contribution in [2.45, 2.75) is 71.1 Å². The third-order valence-corrected chi connectivity index (χ3v) is 4.46. The van der Waals surface area contributed by atoms with Crippen LogP contribution >= 0.6 is 0 Å². The van der Waals surface area contributed by atoms with E-state index < -0.39 is 17.7 Å². The summed E-state index contributed by atoms with van der Waals surface area (Å²) in [5, 5.41) is 21.9. The smallest absolute Gasteiger partial charge is 0.338 e. The van der Waals surface area contributed by atoms with Crippen molar-refractivity contribution in [3.05, 3.63) is 23.8 Å². The Bertz CT molecular complexity index is 593. The van der Waals surface area contributed by atoms with Crippen molar-refractivity contribution in [2.24, 2.45) is 5.84 Å². The number of aromatic hydroxyl groups is 2. The molecule has 152 valence electrons. The van der Waals surface area contributed by atoms with E-state index >= 15 is 0 Å². The molecule has 0 aliphatic carbocycles. The monoisotopic (exact) mass is 379 g/mol. The molecule has 0 aliphatic heterocycles. The van der Waals surface area contributed by atoms with Gasteiger partial charge in [-0.05, 0) is 18.6 Å². The first-order chi connectivity index (χ1) is 13.0. The zero-order chi connectivity index (χ0) is 20.1. The molecule has 7 heteroatoms. The molecule has 0 bridgehead atoms. The van der Waals surface area contributed by atoms with Crippen LogP contribution < -0.4 is 11.2 Å². The summed E-state index contributed by atoms with van der Waals surface area (Å²) in [6.45, 7) is 2.66. The minimum Gasteiger partial charge on any atom is -0.508 e. The molecule has 0 heterocycles. The SMILES string of the molecule is CCCCCCCCCCCCNC(=O)N(N)C(=O)c1ccc(O)cc1O. The fraction of sp³-hybridized carbons (Fsp3) is 0.600. The number of urea groups is 1. The number of nitrogens with zero attached hydrogens (tertiary/aromatic N) is 1. The molecule has 1 rings (SSSR count). The lowest BCUT2D eigenvalue weighted by atomic mass is 10.1. The van der Waals surface area contributed by atoms with Crippen molar-refractivity contribution in [1.29, 1.82) is 0 Å². The summed E-state index contributed by atoms with van der Waals surface area (Å²) < 4.78 is 0. The number of phenolic OH excluding ortho intramolecular Hbond substituents is 2. The van der Waals surface area contributed by atoms with Crippen LogP contribution in [-0.4, -0.2) is 33.7 Å². The van der Waals surface area contributed by atoms with Crippen molar-refractivity contribution < 1.29 is 19.8 Å². The van der Waals surface area contributed by atoms with Gasteiger partial charge in [-0.3, -0.25) is 4.79 Å². The Kier molecular flexibility index (Phi) is 10.9. The summed E-state index contributed by atoms with van der Waals surface area (Å²) in [5.41, 5.74) is -0.149. The fourth-order valence-electron chi connectivity index (χ4n) is 2.82. The van der Waals surface area contributed by atoms with Gasteiger partial charge >= 0.3 is 6.03 Å². The molecule has 0 radical (unpaired) electrons. The van der Waals surface area contributed by atoms with Gasteiger partial charge < -0.3 is 15.5 Å². The molecular weight excluding hydrogens is 346 g/mol. The van der Waals surface area contributed by atoms with Gasteiger partial charge in [0, 0.05) is 12.6 Å². The van der Waals surface area contributed by atoms with Gasteiger partial charge in [0.15, 0.2) is 0 Å². The van der Waals surface area contributed by atoms with Crippen LogP contribution in [-0.2, 0) is 0 Å². The Morgan fingerprint density at radius 3 is 2.07 bits per heavy atom. The number of phenols is 2. The summed E-state index contributed by atoms with van der Waals surface area (Å²) in [6, 6.07) is 2.75. The molecule has 1 aromatic carbocycles. The van der Waals surface area contributed by atoms with E-state index in [9.17, 15) is 19.8 Å². The van der Waals surface area contributed by atoms with E-state index in [1.54, 1.807) is 0 Å². The predicted molar refractivity (Wildman–Crippen MR) is 105 cm³/mol. The molecule has 0 aliphatic rings. The zero-order valence-electron chi connectivity index (χ0n) is 16.2. The third-order valence-electron chi connectivity index (χ3n) is 4.46. The van der Waals surface area contributed by atoms with E-state index in [1.165, 1.54) is 57.1 Å². The van der Waals surface area contributed by atoms with Gasteiger partial charge in [0.05, 0.1) is 5.56 Å². The summed E-state index contributed by atoms with van der Waals surface area (Å²) in [4.78, 5) is 24.1. The van der Waals surface area contributed by atoms with Crippen molar-refractivity contribution in [3.8, 4) is 11.5 Å². The number of benzene rings is 1. The van der Waals surface area contributed by atoms with Crippen LogP contribution in [0.1, 0.15) is 81.5 Å². The third kappa shape index (κ3) is 8.77. The quantitative estimate of drug-likeness (QED) is 0.189. The molecule has 5 N–H and O–H groups in total. The number of imide groups is 1. The number of nitrogens with two attached hydrogens (primary N) is 1. The molecule has 27 heavy (non-hydrogen) atoms. The van der Waals surface area contributed by atoms with Gasteiger partial charge in [-0.15, -0.1) is 0 Å². The van der Waals surface area contributed by atoms with Gasteiger partial charge in [0.1, 0.15) is 11.5 Å². The van der Waals surface area contributed by atoms with Crippen LogP contribution in [0.3, 0.4) is 0 Å². The largest absolute Gasteiger partial charge is 0.508 e. The molecule has 0 aromatic heterocycles. The first-order valence-corrected chi connectivity index (χ1v) is 9.86. The summed E-state index contributed by atoms with van der Waals surface area (Å²) >= 11 is 0. The lowest BCUT2D eigenvalue weighted by Crippen LogP contribution is -2.48. The van der Waals surface area contributed by atoms with Crippen LogP contribution in [0.4, 0.5) is 4.79 Å². The normalized spacial score (nSPS) is 10.6. The molecule has 7 nitrogen and oxygen atoms in total. The molecule has 0 spiro atoms. The Labute approximate surface area is 161 Å². The second kappa shape index (κ2) is 13.0. The van der Waals surface area contributed by atoms with Crippen molar-refractivity contribution in [3.63, 3.8) is 0 Å². The van der Waals surface area contributed by atoms with Crippen molar-refractivity contribution in [2.75, 3.05) is 6.54 Å². The maximum atomic E-state index is 12.1. The molecule has 0 saturated heterocycles. The first kappa shape index (κ1) is 22.8. The van der Waals surface area contributed by atoms with Crippen molar-refractivity contribution >= 4 is 11.9 Å². The highest BCUT2D eigenvalue weighted by atomic mass is 16.3. The van der Waals surface area contributed by atoms with Crippen LogP contribution in [0.15, 0.2) is 18.2 Å². The molecule has 1 aromatic rings. The number of carbonyl (C=O) groups excluding carboxylic acids is 2. The van der Waals surface area contributed by atoms with Gasteiger partial charge in [0.2, 0.25) is 0 Å². The average Bonchev–Trinajstić information content (AvgIpc) is 2.64. The number of nitrogens with one attached hydrogen (secondary N) is 1. The number of hydrogen-bond acceptors (Lipinski definition) is 5. The first-order valence-electron chi connectivity index (χ1n) is 9.86. The highest BCUT2D eigenvalue weighted by Crippen LogP contribution is 2.23. The van der Waals surface area contributed by atoms with Gasteiger partial charge in [-0.25, -0.2) is 10.6 Å². The zero-order valence-corrected chi connectivity index (χ0v) is 16.2. The highest BCUT2D eigenvalue weighted by molar-refractivity contribution is 6.05. The van der Waals surface area contributed by atoms with E-state index in [0.29, 0.717) is 11.6 Å². The summed E-state index contributed by atoms with van der Waals surface area (Å²) in [6.07, 6.45) is 12.0. The number of amides is 3. The number of hydrazine groups is 1. The van der Waals surface area contributed by atoms with E-state index in [0.717, 1.165) is 25.3 Å². The summed E-state index contributed by atoms with van der Waals surface area (Å²) in [5.74, 6) is 4.07. The van der Waals surface area contributed by atoms with Gasteiger partial charge in [0.25, 0.3) is 5.91 Å². The minimum atomic E-state index is -0.840. The molecule has 0 saturated carbocycles. The Morgan fingerprint density at radius 1 is 0.963 bits per heavy atom. The lowest BCUT2D eigenvalue weighted by Gasteiger charge is -2.16. The Hall–Kier alpha value is -2.28. The second-order valence-electron chi connectivity index (χ2n) is 6.79. The van der Waals surface area contributed by atoms with Crippen molar-refractivity contribution in [1.82, 2.24) is 10.3 Å². The molecule has 0 unspecified atom stereocenters. The van der Waals surface area contributed by atoms with Crippen LogP contribution in [0.25, 0.3) is 0 Å².